The topological polar surface area (TPSA) is 93.6 Å². The number of carbonyl (C=O) groups excluding carboxylic acids is 3. The van der Waals surface area contributed by atoms with Crippen molar-refractivity contribution < 1.29 is 24.2 Å². The summed E-state index contributed by atoms with van der Waals surface area (Å²) >= 11 is 1.68. The van der Waals surface area contributed by atoms with E-state index in [0.29, 0.717) is 45.9 Å². The summed E-state index contributed by atoms with van der Waals surface area (Å²) in [5.74, 6) is -1.56. The number of thioether (sulfide) groups is 1. The van der Waals surface area contributed by atoms with Gasteiger partial charge in [-0.25, -0.2) is 0 Å². The standard InChI is InChI=1S/C35H50N4O5S/c1-6-13-37(16-15-36-17-19-44-20-18-36)34(43)31-35-25(5)21-28(45-35)29(30(35)33(42)39(31)27(23-40)24(3)4)32(41)38(14-7-2)22-26-11-9-8-10-12-26/h6-12,24-25,27-31,40H,1-2,13-23H2,3-5H3/t25?,27-,28+,29-,30-,31?,35?/m0/s1. The second kappa shape index (κ2) is 14.4. The molecule has 1 spiro atoms. The molecule has 5 rings (SSSR count). The van der Waals surface area contributed by atoms with E-state index in [-0.39, 0.29) is 41.4 Å². The lowest BCUT2D eigenvalue weighted by atomic mass is 9.65. The Labute approximate surface area is 272 Å². The summed E-state index contributed by atoms with van der Waals surface area (Å²) in [5, 5.41) is 10.6. The number of aliphatic hydroxyl groups is 1. The van der Waals surface area contributed by atoms with Crippen LogP contribution in [0.5, 0.6) is 0 Å². The van der Waals surface area contributed by atoms with Crippen LogP contribution in [0.1, 0.15) is 32.8 Å². The summed E-state index contributed by atoms with van der Waals surface area (Å²) in [4.78, 5) is 51.8. The first kappa shape index (κ1) is 33.7. The summed E-state index contributed by atoms with van der Waals surface area (Å²) < 4.78 is 4.75. The summed E-state index contributed by atoms with van der Waals surface area (Å²) in [6.45, 7) is 19.1. The second-order valence-electron chi connectivity index (χ2n) is 13.3. The molecule has 0 aliphatic carbocycles. The van der Waals surface area contributed by atoms with Crippen LogP contribution in [0.4, 0.5) is 0 Å². The molecule has 4 aliphatic heterocycles. The molecule has 0 aromatic heterocycles. The number of nitrogens with zero attached hydrogens (tertiary/aromatic N) is 4. The van der Waals surface area contributed by atoms with Gasteiger partial charge in [0.25, 0.3) is 0 Å². The van der Waals surface area contributed by atoms with Gasteiger partial charge in [-0.05, 0) is 23.8 Å². The molecule has 1 aromatic rings. The number of amides is 3. The van der Waals surface area contributed by atoms with Crippen molar-refractivity contribution in [2.45, 2.75) is 55.8 Å². The van der Waals surface area contributed by atoms with Gasteiger partial charge < -0.3 is 24.5 Å². The molecular weight excluding hydrogens is 588 g/mol. The van der Waals surface area contributed by atoms with Crippen LogP contribution in [0.2, 0.25) is 0 Å². The van der Waals surface area contributed by atoms with Crippen molar-refractivity contribution in [3.63, 3.8) is 0 Å². The van der Waals surface area contributed by atoms with Gasteiger partial charge >= 0.3 is 0 Å². The molecule has 4 heterocycles. The normalized spacial score (nSPS) is 29.9. The van der Waals surface area contributed by atoms with Gasteiger partial charge in [0, 0.05) is 51.1 Å². The molecule has 4 fully saturated rings. The number of carbonyl (C=O) groups is 3. The van der Waals surface area contributed by atoms with E-state index < -0.39 is 28.7 Å². The fraction of sp³-hybridized carbons (Fsp3) is 0.629. The van der Waals surface area contributed by atoms with Crippen molar-refractivity contribution in [3.05, 3.63) is 61.2 Å². The number of rotatable bonds is 14. The van der Waals surface area contributed by atoms with E-state index in [2.05, 4.69) is 25.0 Å². The molecule has 0 radical (unpaired) electrons. The minimum Gasteiger partial charge on any atom is -0.394 e. The van der Waals surface area contributed by atoms with Crippen LogP contribution in [0.3, 0.4) is 0 Å². The first-order valence-corrected chi connectivity index (χ1v) is 17.3. The van der Waals surface area contributed by atoms with E-state index >= 15 is 0 Å². The molecule has 3 amide bonds. The molecule has 4 saturated heterocycles. The molecule has 0 saturated carbocycles. The van der Waals surface area contributed by atoms with E-state index in [1.807, 2.05) is 49.1 Å². The minimum atomic E-state index is -0.774. The van der Waals surface area contributed by atoms with Gasteiger partial charge in [-0.15, -0.1) is 24.9 Å². The minimum absolute atomic E-state index is 0.0442. The van der Waals surface area contributed by atoms with Crippen LogP contribution in [-0.2, 0) is 25.7 Å². The quantitative estimate of drug-likeness (QED) is 0.314. The maximum Gasteiger partial charge on any atom is 0.247 e. The highest BCUT2D eigenvalue weighted by Gasteiger charge is 2.77. The van der Waals surface area contributed by atoms with Crippen LogP contribution in [0, 0.1) is 23.7 Å². The van der Waals surface area contributed by atoms with Crippen molar-refractivity contribution in [3.8, 4) is 0 Å². The number of likely N-dealkylation sites (tertiary alicyclic amines) is 1. The lowest BCUT2D eigenvalue weighted by molar-refractivity contribution is -0.148. The fourth-order valence-electron chi connectivity index (χ4n) is 8.11. The summed E-state index contributed by atoms with van der Waals surface area (Å²) in [6.07, 6.45) is 4.23. The molecule has 2 bridgehead atoms. The summed E-state index contributed by atoms with van der Waals surface area (Å²) in [6, 6.07) is 8.56. The number of ether oxygens (including phenoxy) is 1. The molecule has 1 aromatic carbocycles. The van der Waals surface area contributed by atoms with Crippen molar-refractivity contribution in [2.75, 3.05) is 59.1 Å². The average Bonchev–Trinajstić information content (AvgIpc) is 3.63. The zero-order valence-electron chi connectivity index (χ0n) is 27.1. The lowest BCUT2D eigenvalue weighted by Gasteiger charge is -2.43. The number of hydrogen-bond donors (Lipinski definition) is 1. The van der Waals surface area contributed by atoms with Gasteiger partial charge in [0.2, 0.25) is 17.7 Å². The van der Waals surface area contributed by atoms with Gasteiger partial charge in [-0.1, -0.05) is 63.3 Å². The van der Waals surface area contributed by atoms with E-state index in [4.69, 9.17) is 4.74 Å². The summed E-state index contributed by atoms with van der Waals surface area (Å²) in [7, 11) is 0. The molecule has 246 valence electrons. The van der Waals surface area contributed by atoms with Crippen LogP contribution in [0.15, 0.2) is 55.6 Å². The Morgan fingerprint density at radius 1 is 1.11 bits per heavy atom. The maximum absolute atomic E-state index is 14.9. The monoisotopic (exact) mass is 638 g/mol. The van der Waals surface area contributed by atoms with Gasteiger partial charge in [-0.3, -0.25) is 19.3 Å². The Morgan fingerprint density at radius 3 is 2.40 bits per heavy atom. The average molecular weight is 639 g/mol. The first-order chi connectivity index (χ1) is 21.7. The molecule has 4 aliphatic rings. The third-order valence-corrected chi connectivity index (χ3v) is 12.4. The SMILES string of the molecule is C=CCN(CCN1CCOCC1)C(=O)C1N([C@@H](CO)C(C)C)C(=O)[C@@H]2[C@@H](C(=O)N(CC=C)Cc3ccccc3)[C@H]3CC(C)C12S3. The number of fused-ring (bicyclic) bond motifs is 1. The summed E-state index contributed by atoms with van der Waals surface area (Å²) in [5.41, 5.74) is 1.01. The second-order valence-corrected chi connectivity index (χ2v) is 14.9. The predicted octanol–water partition coefficient (Wildman–Crippen LogP) is 2.90. The Kier molecular flexibility index (Phi) is 10.8. The van der Waals surface area contributed by atoms with E-state index in [0.717, 1.165) is 25.1 Å². The third-order valence-electron chi connectivity index (χ3n) is 10.3. The zero-order valence-corrected chi connectivity index (χ0v) is 27.9. The Hall–Kier alpha value is -2.66. The first-order valence-electron chi connectivity index (χ1n) is 16.4. The Morgan fingerprint density at radius 2 is 1.78 bits per heavy atom. The number of benzene rings is 1. The highest BCUT2D eigenvalue weighted by Crippen LogP contribution is 2.69. The maximum atomic E-state index is 14.9. The highest BCUT2D eigenvalue weighted by atomic mass is 32.2. The highest BCUT2D eigenvalue weighted by molar-refractivity contribution is 8.02. The molecule has 10 heteroatoms. The van der Waals surface area contributed by atoms with Crippen LogP contribution < -0.4 is 0 Å². The Balaban J connectivity index is 1.51. The van der Waals surface area contributed by atoms with Gasteiger partial charge in [0.1, 0.15) is 6.04 Å². The molecular formula is C35H50N4O5S. The van der Waals surface area contributed by atoms with Crippen molar-refractivity contribution in [1.82, 2.24) is 19.6 Å². The molecule has 1 N–H and O–H groups in total. The zero-order chi connectivity index (χ0) is 32.3. The molecule has 3 unspecified atom stereocenters. The van der Waals surface area contributed by atoms with Crippen molar-refractivity contribution in [2.24, 2.45) is 23.7 Å². The smallest absolute Gasteiger partial charge is 0.247 e. The molecule has 9 nitrogen and oxygen atoms in total. The van der Waals surface area contributed by atoms with Crippen LogP contribution in [0.25, 0.3) is 0 Å². The molecule has 45 heavy (non-hydrogen) atoms. The molecule has 7 atom stereocenters. The lowest BCUT2D eigenvalue weighted by Crippen LogP contribution is -2.60. The Bertz CT molecular complexity index is 1240. The van der Waals surface area contributed by atoms with Gasteiger partial charge in [-0.2, -0.15) is 0 Å². The van der Waals surface area contributed by atoms with Crippen molar-refractivity contribution >= 4 is 29.5 Å². The van der Waals surface area contributed by atoms with Gasteiger partial charge in [0.05, 0.1) is 42.4 Å². The van der Waals surface area contributed by atoms with E-state index in [9.17, 15) is 19.5 Å². The van der Waals surface area contributed by atoms with Crippen molar-refractivity contribution in [1.29, 1.82) is 0 Å². The van der Waals surface area contributed by atoms with Gasteiger partial charge in [0.15, 0.2) is 0 Å². The van der Waals surface area contributed by atoms with E-state index in [1.165, 1.54) is 0 Å². The van der Waals surface area contributed by atoms with E-state index in [1.54, 1.807) is 33.7 Å². The number of morpholine rings is 1. The fourth-order valence-corrected chi connectivity index (χ4v) is 10.5. The van der Waals surface area contributed by atoms with Crippen LogP contribution >= 0.6 is 11.8 Å². The number of aliphatic hydroxyl groups excluding tert-OH is 1. The predicted molar refractivity (Wildman–Crippen MR) is 177 cm³/mol. The third kappa shape index (κ3) is 6.23. The number of hydrogen-bond acceptors (Lipinski definition) is 7. The largest absolute Gasteiger partial charge is 0.394 e. The van der Waals surface area contributed by atoms with Crippen LogP contribution in [-0.4, -0.2) is 124 Å².